The summed E-state index contributed by atoms with van der Waals surface area (Å²) in [5.74, 6) is -0.337. The van der Waals surface area contributed by atoms with Crippen molar-refractivity contribution >= 4 is 18.4 Å². The normalized spacial score (nSPS) is 8.77. The van der Waals surface area contributed by atoms with E-state index in [-0.39, 0.29) is 18.4 Å². The van der Waals surface area contributed by atoms with E-state index >= 15 is 0 Å². The maximum atomic E-state index is 11.1. The molecule has 0 saturated heterocycles. The van der Waals surface area contributed by atoms with Crippen LogP contribution >= 0.6 is 12.4 Å². The molecule has 1 aromatic carbocycles. The first-order valence-corrected chi connectivity index (χ1v) is 3.66. The summed E-state index contributed by atoms with van der Waals surface area (Å²) in [6.07, 6.45) is 0. The molecule has 0 heterocycles. The Morgan fingerprint density at radius 2 is 2.08 bits per heavy atom. The minimum Gasteiger partial charge on any atom is -0.465 e. The lowest BCUT2D eigenvalue weighted by Gasteiger charge is -2.03. The number of hydrogen-bond acceptors (Lipinski definition) is 3. The summed E-state index contributed by atoms with van der Waals surface area (Å²) in [6.45, 7) is 0.352. The van der Waals surface area contributed by atoms with Crippen LogP contribution in [0.2, 0.25) is 0 Å². The Balaban J connectivity index is 0.00000144. The molecule has 72 valence electrons. The molecule has 3 nitrogen and oxygen atoms in total. The van der Waals surface area contributed by atoms with Crippen LogP contribution < -0.4 is 5.73 Å². The van der Waals surface area contributed by atoms with Crippen molar-refractivity contribution in [2.24, 2.45) is 5.73 Å². The second-order valence-electron chi connectivity index (χ2n) is 2.35. The average Bonchev–Trinajstić information content (AvgIpc) is 2.16. The van der Waals surface area contributed by atoms with Gasteiger partial charge in [0.05, 0.1) is 12.7 Å². The maximum Gasteiger partial charge on any atom is 0.338 e. The molecular formula is C9H12ClNO2. The van der Waals surface area contributed by atoms with Crippen LogP contribution in [-0.4, -0.2) is 13.1 Å². The molecule has 1 aromatic rings. The Bertz CT molecular complexity index is 289. The highest BCUT2D eigenvalue weighted by Crippen LogP contribution is 2.08. The van der Waals surface area contributed by atoms with Gasteiger partial charge in [-0.05, 0) is 11.6 Å². The lowest BCUT2D eigenvalue weighted by atomic mass is 10.1. The van der Waals surface area contributed by atoms with E-state index in [0.717, 1.165) is 5.56 Å². The van der Waals surface area contributed by atoms with Crippen LogP contribution in [0.1, 0.15) is 15.9 Å². The maximum absolute atomic E-state index is 11.1. The largest absolute Gasteiger partial charge is 0.465 e. The van der Waals surface area contributed by atoms with E-state index in [1.165, 1.54) is 7.11 Å². The van der Waals surface area contributed by atoms with Crippen LogP contribution in [0.3, 0.4) is 0 Å². The molecule has 1 rings (SSSR count). The van der Waals surface area contributed by atoms with E-state index in [1.807, 2.05) is 12.1 Å². The number of esters is 1. The van der Waals surface area contributed by atoms with Crippen LogP contribution in [0.5, 0.6) is 0 Å². The Hall–Kier alpha value is -1.06. The number of benzene rings is 1. The van der Waals surface area contributed by atoms with E-state index in [4.69, 9.17) is 5.73 Å². The average molecular weight is 202 g/mol. The Kier molecular flexibility index (Phi) is 5.11. The lowest BCUT2D eigenvalue weighted by molar-refractivity contribution is 0.0599. The molecule has 0 aromatic heterocycles. The Labute approximate surface area is 83.3 Å². The zero-order valence-electron chi connectivity index (χ0n) is 7.32. The van der Waals surface area contributed by atoms with Crippen molar-refractivity contribution in [2.75, 3.05) is 7.11 Å². The molecule has 0 unspecified atom stereocenters. The fraction of sp³-hybridized carbons (Fsp3) is 0.222. The standard InChI is InChI=1S/C9H11NO2.ClH/c1-12-9(11)8-5-3-2-4-7(8)6-10;/h2-5H,6,10H2,1H3;1H. The first-order chi connectivity index (χ1) is 5.79. The third-order valence-electron chi connectivity index (χ3n) is 1.64. The molecule has 0 radical (unpaired) electrons. The molecule has 0 bridgehead atoms. The van der Waals surface area contributed by atoms with Crippen molar-refractivity contribution in [3.05, 3.63) is 35.4 Å². The molecule has 2 N–H and O–H groups in total. The predicted molar refractivity (Wildman–Crippen MR) is 52.9 cm³/mol. The van der Waals surface area contributed by atoms with Crippen LogP contribution in [0.15, 0.2) is 24.3 Å². The fourth-order valence-electron chi connectivity index (χ4n) is 1.01. The van der Waals surface area contributed by atoms with Crippen LogP contribution in [0.25, 0.3) is 0 Å². The Morgan fingerprint density at radius 3 is 2.62 bits per heavy atom. The van der Waals surface area contributed by atoms with Gasteiger partial charge in [-0.3, -0.25) is 0 Å². The zero-order valence-corrected chi connectivity index (χ0v) is 8.14. The summed E-state index contributed by atoms with van der Waals surface area (Å²) in [5.41, 5.74) is 6.79. The highest BCUT2D eigenvalue weighted by Gasteiger charge is 2.08. The molecule has 0 aliphatic heterocycles. The van der Waals surface area contributed by atoms with Gasteiger partial charge in [-0.2, -0.15) is 0 Å². The van der Waals surface area contributed by atoms with Crippen LogP contribution in [0.4, 0.5) is 0 Å². The Morgan fingerprint density at radius 1 is 1.46 bits per heavy atom. The summed E-state index contributed by atoms with van der Waals surface area (Å²) >= 11 is 0. The molecule has 0 aliphatic carbocycles. The van der Waals surface area contributed by atoms with Gasteiger partial charge in [-0.25, -0.2) is 4.79 Å². The van der Waals surface area contributed by atoms with E-state index in [2.05, 4.69) is 4.74 Å². The summed E-state index contributed by atoms with van der Waals surface area (Å²) < 4.78 is 4.58. The SMILES string of the molecule is COC(=O)c1ccccc1CN.Cl. The van der Waals surface area contributed by atoms with Crippen molar-refractivity contribution in [3.63, 3.8) is 0 Å². The fourth-order valence-corrected chi connectivity index (χ4v) is 1.01. The molecule has 0 aliphatic rings. The zero-order chi connectivity index (χ0) is 8.97. The molecule has 0 fully saturated rings. The van der Waals surface area contributed by atoms with Gasteiger partial charge < -0.3 is 10.5 Å². The van der Waals surface area contributed by atoms with Gasteiger partial charge in [0, 0.05) is 6.54 Å². The van der Waals surface area contributed by atoms with Gasteiger partial charge in [0.25, 0.3) is 0 Å². The first kappa shape index (κ1) is 11.9. The van der Waals surface area contributed by atoms with E-state index in [0.29, 0.717) is 12.1 Å². The number of hydrogen-bond donors (Lipinski definition) is 1. The highest BCUT2D eigenvalue weighted by molar-refractivity contribution is 5.90. The second kappa shape index (κ2) is 5.56. The van der Waals surface area contributed by atoms with Crippen molar-refractivity contribution in [3.8, 4) is 0 Å². The highest BCUT2D eigenvalue weighted by atomic mass is 35.5. The minimum absolute atomic E-state index is 0. The third-order valence-corrected chi connectivity index (χ3v) is 1.64. The summed E-state index contributed by atoms with van der Waals surface area (Å²) in [7, 11) is 1.36. The number of carbonyl (C=O) groups excluding carboxylic acids is 1. The number of carbonyl (C=O) groups is 1. The van der Waals surface area contributed by atoms with Gasteiger partial charge in [0.1, 0.15) is 0 Å². The van der Waals surface area contributed by atoms with Gasteiger partial charge in [0.2, 0.25) is 0 Å². The molecule has 13 heavy (non-hydrogen) atoms. The van der Waals surface area contributed by atoms with Crippen molar-refractivity contribution in [1.29, 1.82) is 0 Å². The summed E-state index contributed by atoms with van der Waals surface area (Å²) in [6, 6.07) is 7.14. The molecule has 0 amide bonds. The molecule has 0 spiro atoms. The predicted octanol–water partition coefficient (Wildman–Crippen LogP) is 1.35. The van der Waals surface area contributed by atoms with E-state index in [9.17, 15) is 4.79 Å². The second-order valence-corrected chi connectivity index (χ2v) is 2.35. The third kappa shape index (κ3) is 2.72. The van der Waals surface area contributed by atoms with Crippen molar-refractivity contribution in [1.82, 2.24) is 0 Å². The lowest BCUT2D eigenvalue weighted by Crippen LogP contribution is -2.08. The minimum atomic E-state index is -0.337. The van der Waals surface area contributed by atoms with Crippen LogP contribution in [0, 0.1) is 0 Å². The molecule has 0 atom stereocenters. The summed E-state index contributed by atoms with van der Waals surface area (Å²) in [5, 5.41) is 0. The van der Waals surface area contributed by atoms with Crippen molar-refractivity contribution in [2.45, 2.75) is 6.54 Å². The summed E-state index contributed by atoms with van der Waals surface area (Å²) in [4.78, 5) is 11.1. The van der Waals surface area contributed by atoms with Gasteiger partial charge >= 0.3 is 5.97 Å². The monoisotopic (exact) mass is 201 g/mol. The molecule has 0 saturated carbocycles. The topological polar surface area (TPSA) is 52.3 Å². The van der Waals surface area contributed by atoms with E-state index < -0.39 is 0 Å². The number of methoxy groups -OCH3 is 1. The van der Waals surface area contributed by atoms with Gasteiger partial charge in [-0.1, -0.05) is 18.2 Å². The molecular weight excluding hydrogens is 190 g/mol. The number of rotatable bonds is 2. The smallest absolute Gasteiger partial charge is 0.338 e. The first-order valence-electron chi connectivity index (χ1n) is 3.66. The molecule has 4 heteroatoms. The van der Waals surface area contributed by atoms with E-state index in [1.54, 1.807) is 12.1 Å². The number of ether oxygens (including phenoxy) is 1. The van der Waals surface area contributed by atoms with Gasteiger partial charge in [-0.15, -0.1) is 12.4 Å². The van der Waals surface area contributed by atoms with Crippen molar-refractivity contribution < 1.29 is 9.53 Å². The quantitative estimate of drug-likeness (QED) is 0.735. The number of nitrogens with two attached hydrogens (primary N) is 1. The number of halogens is 1. The van der Waals surface area contributed by atoms with Gasteiger partial charge in [0.15, 0.2) is 0 Å². The van der Waals surface area contributed by atoms with Crippen LogP contribution in [-0.2, 0) is 11.3 Å².